The molecule has 0 saturated heterocycles. The minimum atomic E-state index is -0.652. The van der Waals surface area contributed by atoms with Crippen molar-refractivity contribution < 1.29 is 9.53 Å². The molecule has 2 heterocycles. The minimum absolute atomic E-state index is 0.0712. The van der Waals surface area contributed by atoms with E-state index in [1.165, 1.54) is 18.8 Å². The van der Waals surface area contributed by atoms with Gasteiger partial charge in [0.05, 0.1) is 12.5 Å². The molecule has 9 nitrogen and oxygen atoms in total. The fourth-order valence-corrected chi connectivity index (χ4v) is 3.19. The van der Waals surface area contributed by atoms with Crippen LogP contribution in [0, 0.1) is 0 Å². The Morgan fingerprint density at radius 2 is 1.78 bits per heavy atom. The molecule has 0 bridgehead atoms. The molecule has 1 saturated carbocycles. The Balaban J connectivity index is 1.80. The highest BCUT2D eigenvalue weighted by atomic mass is 16.5. The summed E-state index contributed by atoms with van der Waals surface area (Å²) in [4.78, 5) is 44.3. The van der Waals surface area contributed by atoms with Crippen LogP contribution in [0.15, 0.2) is 33.9 Å². The van der Waals surface area contributed by atoms with Gasteiger partial charge in [-0.25, -0.2) is 14.5 Å². The van der Waals surface area contributed by atoms with Gasteiger partial charge >= 0.3 is 11.7 Å². The van der Waals surface area contributed by atoms with E-state index in [1.54, 1.807) is 19.2 Å². The normalized spacial score (nSPS) is 14.9. The lowest BCUT2D eigenvalue weighted by Crippen LogP contribution is -2.36. The third-order valence-electron chi connectivity index (χ3n) is 5.00. The number of benzene rings is 1. The molecule has 1 aromatic rings. The summed E-state index contributed by atoms with van der Waals surface area (Å²) in [7, 11) is 4.35. The molecule has 2 aliphatic heterocycles. The monoisotopic (exact) mass is 367 g/mol. The number of rotatable bonds is 3. The van der Waals surface area contributed by atoms with Crippen molar-refractivity contribution in [2.24, 2.45) is 14.1 Å². The molecule has 0 amide bonds. The second kappa shape index (κ2) is 5.83. The quantitative estimate of drug-likeness (QED) is 0.610. The maximum absolute atomic E-state index is 12.4. The summed E-state index contributed by atoms with van der Waals surface area (Å²) in [5.74, 6) is 0.231. The highest BCUT2D eigenvalue weighted by Gasteiger charge is 2.52. The molecule has 0 unspecified atom stereocenters. The van der Waals surface area contributed by atoms with E-state index >= 15 is 0 Å². The lowest BCUT2D eigenvalue weighted by atomic mass is 9.95. The number of carbonyl (C=O) groups excluding carboxylic acids is 1. The van der Waals surface area contributed by atoms with Crippen LogP contribution >= 0.6 is 0 Å². The van der Waals surface area contributed by atoms with Gasteiger partial charge in [0.15, 0.2) is 17.3 Å². The lowest BCUT2D eigenvalue weighted by Gasteiger charge is -2.14. The van der Waals surface area contributed by atoms with Crippen LogP contribution in [0.25, 0.3) is 22.9 Å². The molecule has 0 atom stereocenters. The fourth-order valence-electron chi connectivity index (χ4n) is 3.19. The SMILES string of the molecule is COC(=O)C1(c2ccc(-c3nc4c(=O)n(C)c(=O)nc-4n(C)n3)cc2)CC1. The molecule has 1 aliphatic carbocycles. The molecular weight excluding hydrogens is 350 g/mol. The van der Waals surface area contributed by atoms with E-state index in [-0.39, 0.29) is 17.5 Å². The van der Waals surface area contributed by atoms with Gasteiger partial charge in [-0.3, -0.25) is 14.2 Å². The first-order valence-electron chi connectivity index (χ1n) is 8.39. The molecule has 3 aliphatic rings. The number of ether oxygens (including phenoxy) is 1. The molecule has 0 aromatic heterocycles. The Labute approximate surface area is 153 Å². The van der Waals surface area contributed by atoms with Crippen molar-refractivity contribution in [1.29, 1.82) is 0 Å². The first kappa shape index (κ1) is 17.1. The van der Waals surface area contributed by atoms with Gasteiger partial charge in [-0.15, -0.1) is 0 Å². The Bertz CT molecular complexity index is 1140. The van der Waals surface area contributed by atoms with Crippen molar-refractivity contribution >= 4 is 5.97 Å². The number of hydrogen-bond donors (Lipinski definition) is 0. The van der Waals surface area contributed by atoms with E-state index in [1.807, 2.05) is 12.1 Å². The predicted octanol–water partition coefficient (Wildman–Crippen LogP) is 0.245. The van der Waals surface area contributed by atoms with Gasteiger partial charge in [0.1, 0.15) is 0 Å². The van der Waals surface area contributed by atoms with Gasteiger partial charge in [-0.05, 0) is 18.4 Å². The van der Waals surface area contributed by atoms with E-state index in [2.05, 4.69) is 15.1 Å². The number of hydrogen-bond acceptors (Lipinski definition) is 7. The van der Waals surface area contributed by atoms with Gasteiger partial charge < -0.3 is 4.74 Å². The maximum atomic E-state index is 12.4. The average molecular weight is 367 g/mol. The molecule has 0 radical (unpaired) electrons. The van der Waals surface area contributed by atoms with Crippen LogP contribution in [-0.2, 0) is 29.0 Å². The van der Waals surface area contributed by atoms with Crippen LogP contribution in [0.5, 0.6) is 0 Å². The zero-order valence-electron chi connectivity index (χ0n) is 15.1. The van der Waals surface area contributed by atoms with Gasteiger partial charge in [-0.2, -0.15) is 10.1 Å². The first-order chi connectivity index (χ1) is 12.9. The second-order valence-electron chi connectivity index (χ2n) is 6.64. The van der Waals surface area contributed by atoms with E-state index in [9.17, 15) is 14.4 Å². The number of fused-ring (bicyclic) bond motifs is 1. The van der Waals surface area contributed by atoms with Crippen molar-refractivity contribution in [3.63, 3.8) is 0 Å². The van der Waals surface area contributed by atoms with Crippen LogP contribution < -0.4 is 11.2 Å². The number of methoxy groups -OCH3 is 1. The molecule has 27 heavy (non-hydrogen) atoms. The molecule has 1 fully saturated rings. The summed E-state index contributed by atoms with van der Waals surface area (Å²) >= 11 is 0. The molecule has 9 heteroatoms. The number of aryl methyl sites for hydroxylation is 1. The van der Waals surface area contributed by atoms with Crippen molar-refractivity contribution in [2.75, 3.05) is 7.11 Å². The average Bonchev–Trinajstić information content (AvgIpc) is 3.48. The third-order valence-corrected chi connectivity index (χ3v) is 5.00. The van der Waals surface area contributed by atoms with Crippen LogP contribution in [0.3, 0.4) is 0 Å². The van der Waals surface area contributed by atoms with Crippen LogP contribution in [0.2, 0.25) is 0 Å². The summed E-state index contributed by atoms with van der Waals surface area (Å²) < 4.78 is 7.19. The number of esters is 1. The smallest absolute Gasteiger partial charge is 0.352 e. The topological polar surface area (TPSA) is 109 Å². The van der Waals surface area contributed by atoms with Gasteiger partial charge in [0, 0.05) is 19.7 Å². The summed E-state index contributed by atoms with van der Waals surface area (Å²) in [6.07, 6.45) is 1.53. The van der Waals surface area contributed by atoms with Crippen molar-refractivity contribution in [3.8, 4) is 22.9 Å². The molecule has 0 spiro atoms. The summed E-state index contributed by atoms with van der Waals surface area (Å²) in [6.45, 7) is 0. The Morgan fingerprint density at radius 1 is 1.11 bits per heavy atom. The van der Waals surface area contributed by atoms with Crippen molar-refractivity contribution in [2.45, 2.75) is 18.3 Å². The second-order valence-corrected chi connectivity index (χ2v) is 6.64. The van der Waals surface area contributed by atoms with Crippen molar-refractivity contribution in [1.82, 2.24) is 24.3 Å². The molecule has 1 aromatic carbocycles. The molecule has 4 rings (SSSR count). The summed E-state index contributed by atoms with van der Waals surface area (Å²) in [5, 5.41) is 4.31. The zero-order chi connectivity index (χ0) is 19.3. The predicted molar refractivity (Wildman–Crippen MR) is 95.3 cm³/mol. The molecule has 0 N–H and O–H groups in total. The van der Waals surface area contributed by atoms with E-state index < -0.39 is 16.7 Å². The van der Waals surface area contributed by atoms with E-state index in [0.29, 0.717) is 11.4 Å². The van der Waals surface area contributed by atoms with E-state index in [4.69, 9.17) is 4.74 Å². The number of carbonyl (C=O) groups is 1. The number of aromatic nitrogens is 5. The van der Waals surface area contributed by atoms with Gasteiger partial charge in [0.25, 0.3) is 5.56 Å². The maximum Gasteiger partial charge on any atom is 0.352 e. The Kier molecular flexibility index (Phi) is 3.69. The van der Waals surface area contributed by atoms with Crippen molar-refractivity contribution in [3.05, 3.63) is 50.7 Å². The summed E-state index contributed by atoms with van der Waals surface area (Å²) in [5.41, 5.74) is -0.0826. The highest BCUT2D eigenvalue weighted by molar-refractivity contribution is 5.86. The fraction of sp³-hybridized carbons (Fsp3) is 0.333. The third kappa shape index (κ3) is 2.54. The van der Waals surface area contributed by atoms with E-state index in [0.717, 1.165) is 23.0 Å². The largest absolute Gasteiger partial charge is 0.468 e. The van der Waals surface area contributed by atoms with Crippen LogP contribution in [0.1, 0.15) is 18.4 Å². The number of nitrogens with zero attached hydrogens (tertiary/aromatic N) is 5. The Hall–Kier alpha value is -3.36. The first-order valence-corrected chi connectivity index (χ1v) is 8.39. The summed E-state index contributed by atoms with van der Waals surface area (Å²) in [6, 6.07) is 7.31. The van der Waals surface area contributed by atoms with Gasteiger partial charge in [0.2, 0.25) is 0 Å². The molecule has 138 valence electrons. The lowest BCUT2D eigenvalue weighted by molar-refractivity contribution is -0.143. The Morgan fingerprint density at radius 3 is 2.37 bits per heavy atom. The zero-order valence-corrected chi connectivity index (χ0v) is 15.1. The van der Waals surface area contributed by atoms with Crippen LogP contribution in [-0.4, -0.2) is 37.4 Å². The standard InChI is InChI=1S/C18H17N5O4/c1-22-15(24)12-14(20-17(22)26)23(2)21-13(19-12)10-4-6-11(7-5-10)18(8-9-18)16(25)27-3/h4-7H,8-9H2,1-3H3. The molecular formula is C18H17N5O4. The van der Waals surface area contributed by atoms with Crippen LogP contribution in [0.4, 0.5) is 0 Å². The minimum Gasteiger partial charge on any atom is -0.468 e. The van der Waals surface area contributed by atoms with Gasteiger partial charge in [-0.1, -0.05) is 24.3 Å². The highest BCUT2D eigenvalue weighted by Crippen LogP contribution is 2.49.